The molecule has 27 heavy (non-hydrogen) atoms. The highest BCUT2D eigenvalue weighted by atomic mass is 32.2. The predicted molar refractivity (Wildman–Crippen MR) is 101 cm³/mol. The molecule has 1 unspecified atom stereocenters. The molecule has 1 atom stereocenters. The van der Waals surface area contributed by atoms with Gasteiger partial charge in [-0.1, -0.05) is 25.5 Å². The Morgan fingerprint density at radius 1 is 1.30 bits per heavy atom. The van der Waals surface area contributed by atoms with Crippen molar-refractivity contribution in [2.75, 3.05) is 30.7 Å². The third kappa shape index (κ3) is 4.70. The largest absolute Gasteiger partial charge is 0.369 e. The molecular weight excluding hydrogens is 374 g/mol. The number of unbranched alkanes of at least 4 members (excludes halogenated alkanes) is 1. The Morgan fingerprint density at radius 3 is 2.81 bits per heavy atom. The second kappa shape index (κ2) is 8.43. The molecule has 9 heteroatoms. The number of nitrogens with zero attached hydrogens (tertiary/aromatic N) is 3. The molecule has 6 nitrogen and oxygen atoms in total. The molecule has 0 amide bonds. The molecule has 1 aromatic carbocycles. The topological polar surface area (TPSA) is 75.2 Å². The first-order valence-electron chi connectivity index (χ1n) is 9.17. The van der Waals surface area contributed by atoms with Crippen LogP contribution in [0.4, 0.5) is 14.6 Å². The average molecular weight is 398 g/mol. The second-order valence-corrected chi connectivity index (χ2v) is 8.90. The summed E-state index contributed by atoms with van der Waals surface area (Å²) < 4.78 is 52.3. The number of aromatic nitrogens is 2. The van der Waals surface area contributed by atoms with E-state index in [0.717, 1.165) is 12.8 Å². The van der Waals surface area contributed by atoms with Gasteiger partial charge >= 0.3 is 0 Å². The van der Waals surface area contributed by atoms with Gasteiger partial charge in [0, 0.05) is 25.0 Å². The molecule has 0 radical (unpaired) electrons. The molecule has 3 rings (SSSR count). The van der Waals surface area contributed by atoms with Crippen molar-refractivity contribution in [3.63, 3.8) is 0 Å². The summed E-state index contributed by atoms with van der Waals surface area (Å²) in [5.41, 5.74) is 0.459. The van der Waals surface area contributed by atoms with Gasteiger partial charge in [-0.3, -0.25) is 0 Å². The second-order valence-electron chi connectivity index (χ2n) is 6.81. The van der Waals surface area contributed by atoms with Crippen molar-refractivity contribution in [1.82, 2.24) is 14.3 Å². The number of nitrogens with one attached hydrogen (secondary N) is 1. The van der Waals surface area contributed by atoms with Crippen molar-refractivity contribution in [3.8, 4) is 0 Å². The van der Waals surface area contributed by atoms with Crippen LogP contribution in [0.3, 0.4) is 0 Å². The lowest BCUT2D eigenvalue weighted by Crippen LogP contribution is -2.31. The maximum Gasteiger partial charge on any atom is 0.297 e. The van der Waals surface area contributed by atoms with Gasteiger partial charge in [-0.15, -0.1) is 0 Å². The molecule has 1 N–H and O–H groups in total. The number of para-hydroxylation sites is 1. The van der Waals surface area contributed by atoms with Crippen LogP contribution >= 0.6 is 0 Å². The summed E-state index contributed by atoms with van der Waals surface area (Å²) in [5, 5.41) is 3.81. The monoisotopic (exact) mass is 398 g/mol. The molecule has 0 aliphatic carbocycles. The van der Waals surface area contributed by atoms with E-state index in [1.165, 1.54) is 4.31 Å². The Balaban J connectivity index is 1.69. The molecule has 148 valence electrons. The van der Waals surface area contributed by atoms with Gasteiger partial charge in [-0.2, -0.15) is 0 Å². The summed E-state index contributed by atoms with van der Waals surface area (Å²) in [6.07, 6.45) is -0.514. The van der Waals surface area contributed by atoms with Crippen LogP contribution in [0.2, 0.25) is 0 Å². The average Bonchev–Trinajstić information content (AvgIpc) is 3.14. The highest BCUT2D eigenvalue weighted by Gasteiger charge is 2.30. The van der Waals surface area contributed by atoms with Gasteiger partial charge in [-0.05, 0) is 30.9 Å². The molecule has 1 fully saturated rings. The predicted octanol–water partition coefficient (Wildman–Crippen LogP) is 3.43. The SMILES string of the molecule is CCCCS(=O)(=O)N1CCC(CNc2nc(C(F)F)nc3ccccc23)C1. The van der Waals surface area contributed by atoms with Crippen molar-refractivity contribution in [1.29, 1.82) is 0 Å². The van der Waals surface area contributed by atoms with Crippen molar-refractivity contribution >= 4 is 26.7 Å². The number of halogens is 2. The molecule has 1 aromatic heterocycles. The summed E-state index contributed by atoms with van der Waals surface area (Å²) >= 11 is 0. The van der Waals surface area contributed by atoms with Crippen LogP contribution in [-0.4, -0.2) is 48.1 Å². The third-order valence-electron chi connectivity index (χ3n) is 4.77. The zero-order valence-electron chi connectivity index (χ0n) is 15.2. The summed E-state index contributed by atoms with van der Waals surface area (Å²) in [6.45, 7) is 3.39. The summed E-state index contributed by atoms with van der Waals surface area (Å²) in [5.74, 6) is 0.150. The van der Waals surface area contributed by atoms with Crippen LogP contribution in [0.15, 0.2) is 24.3 Å². The van der Waals surface area contributed by atoms with Crippen molar-refractivity contribution < 1.29 is 17.2 Å². The minimum Gasteiger partial charge on any atom is -0.369 e. The van der Waals surface area contributed by atoms with Gasteiger partial charge in [0.1, 0.15) is 5.82 Å². The van der Waals surface area contributed by atoms with E-state index in [0.29, 0.717) is 42.8 Å². The Hall–Kier alpha value is -1.87. The third-order valence-corrected chi connectivity index (χ3v) is 6.69. The lowest BCUT2D eigenvalue weighted by atomic mass is 10.1. The van der Waals surface area contributed by atoms with E-state index in [-0.39, 0.29) is 11.7 Å². The van der Waals surface area contributed by atoms with E-state index in [1.54, 1.807) is 24.3 Å². The van der Waals surface area contributed by atoms with E-state index in [1.807, 2.05) is 6.92 Å². The lowest BCUT2D eigenvalue weighted by Gasteiger charge is -2.17. The number of sulfonamides is 1. The van der Waals surface area contributed by atoms with Crippen molar-refractivity contribution in [3.05, 3.63) is 30.1 Å². The quantitative estimate of drug-likeness (QED) is 0.737. The number of anilines is 1. The van der Waals surface area contributed by atoms with E-state index in [9.17, 15) is 17.2 Å². The van der Waals surface area contributed by atoms with Crippen LogP contribution in [0.25, 0.3) is 10.9 Å². The maximum atomic E-state index is 13.1. The molecule has 0 spiro atoms. The van der Waals surface area contributed by atoms with Gasteiger partial charge in [0.2, 0.25) is 10.0 Å². The fourth-order valence-electron chi connectivity index (χ4n) is 3.24. The Kier molecular flexibility index (Phi) is 6.21. The molecule has 1 saturated heterocycles. The number of hydrogen-bond acceptors (Lipinski definition) is 5. The van der Waals surface area contributed by atoms with Crippen LogP contribution < -0.4 is 5.32 Å². The van der Waals surface area contributed by atoms with Gasteiger partial charge in [-0.25, -0.2) is 31.5 Å². The molecule has 0 bridgehead atoms. The first-order chi connectivity index (χ1) is 12.9. The number of benzene rings is 1. The van der Waals surface area contributed by atoms with Crippen molar-refractivity contribution in [2.45, 2.75) is 32.6 Å². The molecule has 2 aromatic rings. The zero-order valence-corrected chi connectivity index (χ0v) is 16.1. The Morgan fingerprint density at radius 2 is 2.07 bits per heavy atom. The highest BCUT2D eigenvalue weighted by molar-refractivity contribution is 7.89. The summed E-state index contributed by atoms with van der Waals surface area (Å²) in [7, 11) is -3.21. The normalized spacial score (nSPS) is 18.4. The maximum absolute atomic E-state index is 13.1. The molecule has 1 aliphatic heterocycles. The fourth-order valence-corrected chi connectivity index (χ4v) is 4.97. The minimum absolute atomic E-state index is 0.116. The molecule has 2 heterocycles. The lowest BCUT2D eigenvalue weighted by molar-refractivity contribution is 0.141. The van der Waals surface area contributed by atoms with Crippen LogP contribution in [0, 0.1) is 5.92 Å². The smallest absolute Gasteiger partial charge is 0.297 e. The highest BCUT2D eigenvalue weighted by Crippen LogP contribution is 2.26. The minimum atomic E-state index is -3.21. The van der Waals surface area contributed by atoms with Gasteiger partial charge < -0.3 is 5.32 Å². The van der Waals surface area contributed by atoms with Gasteiger partial charge in [0.25, 0.3) is 6.43 Å². The number of alkyl halides is 2. The Labute approximate surface area is 158 Å². The fraction of sp³-hybridized carbons (Fsp3) is 0.556. The first kappa shape index (κ1) is 19.9. The van der Waals surface area contributed by atoms with Crippen LogP contribution in [0.5, 0.6) is 0 Å². The Bertz CT molecular complexity index is 892. The van der Waals surface area contributed by atoms with Crippen molar-refractivity contribution in [2.24, 2.45) is 5.92 Å². The first-order valence-corrected chi connectivity index (χ1v) is 10.8. The van der Waals surface area contributed by atoms with Gasteiger partial charge in [0.05, 0.1) is 11.3 Å². The van der Waals surface area contributed by atoms with Crippen LogP contribution in [-0.2, 0) is 10.0 Å². The zero-order chi connectivity index (χ0) is 19.4. The number of rotatable bonds is 8. The van der Waals surface area contributed by atoms with E-state index in [4.69, 9.17) is 0 Å². The standard InChI is InChI=1S/C18H24F2N4O2S/c1-2-3-10-27(25,26)24-9-8-13(12-24)11-21-17-14-6-4-5-7-15(14)22-18(23-17)16(19)20/h4-7,13,16H,2-3,8-12H2,1H3,(H,21,22,23). The summed E-state index contributed by atoms with van der Waals surface area (Å²) in [4.78, 5) is 7.86. The number of fused-ring (bicyclic) bond motifs is 1. The van der Waals surface area contributed by atoms with Gasteiger partial charge in [0.15, 0.2) is 5.82 Å². The molecule has 0 saturated carbocycles. The van der Waals surface area contributed by atoms with E-state index in [2.05, 4.69) is 15.3 Å². The summed E-state index contributed by atoms with van der Waals surface area (Å²) in [6, 6.07) is 7.00. The van der Waals surface area contributed by atoms with E-state index >= 15 is 0 Å². The van der Waals surface area contributed by atoms with Crippen LogP contribution in [0.1, 0.15) is 38.4 Å². The number of hydrogen-bond donors (Lipinski definition) is 1. The molecule has 1 aliphatic rings. The van der Waals surface area contributed by atoms with E-state index < -0.39 is 22.3 Å². The molecular formula is C18H24F2N4O2S.